The van der Waals surface area contributed by atoms with E-state index in [-0.39, 0.29) is 6.61 Å². The Morgan fingerprint density at radius 2 is 2.18 bits per heavy atom. The monoisotopic (exact) mass is 326 g/mol. The summed E-state index contributed by atoms with van der Waals surface area (Å²) in [6.45, 7) is 2.14. The lowest BCUT2D eigenvalue weighted by Gasteiger charge is -2.05. The number of benzene rings is 1. The van der Waals surface area contributed by atoms with Gasteiger partial charge in [0.25, 0.3) is 0 Å². The molecule has 0 fully saturated rings. The Bertz CT molecular complexity index is 273. The number of aryl methyl sites for hydroxylation is 1. The Morgan fingerprint density at radius 1 is 1.55 bits per heavy atom. The van der Waals surface area contributed by atoms with Crippen LogP contribution in [0, 0.1) is 10.5 Å². The summed E-state index contributed by atoms with van der Waals surface area (Å²) in [6, 6.07) is 3.94. The molecule has 0 unspecified atom stereocenters. The largest absolute Gasteiger partial charge is 0.392 e. The zero-order valence-electron chi connectivity index (χ0n) is 6.06. The van der Waals surface area contributed by atoms with Crippen molar-refractivity contribution in [3.63, 3.8) is 0 Å². The molecule has 60 valence electrons. The molecule has 11 heavy (non-hydrogen) atoms. The van der Waals surface area contributed by atoms with E-state index in [2.05, 4.69) is 38.5 Å². The van der Waals surface area contributed by atoms with E-state index in [1.807, 2.05) is 19.1 Å². The zero-order valence-corrected chi connectivity index (χ0v) is 9.81. The molecule has 0 atom stereocenters. The Labute approximate surface area is 88.1 Å². The smallest absolute Gasteiger partial charge is 0.0692 e. The molecule has 0 radical (unpaired) electrons. The lowest BCUT2D eigenvalue weighted by molar-refractivity contribution is 0.281. The molecule has 0 aliphatic carbocycles. The third-order valence-electron chi connectivity index (χ3n) is 1.53. The highest BCUT2D eigenvalue weighted by molar-refractivity contribution is 14.1. The van der Waals surface area contributed by atoms with Gasteiger partial charge >= 0.3 is 0 Å². The fourth-order valence-electron chi connectivity index (χ4n) is 0.808. The highest BCUT2D eigenvalue weighted by Gasteiger charge is 2.04. The minimum atomic E-state index is 0.108. The van der Waals surface area contributed by atoms with Crippen molar-refractivity contribution in [1.29, 1.82) is 0 Å². The second-order valence-corrected chi connectivity index (χ2v) is 4.20. The number of halogens is 2. The van der Waals surface area contributed by atoms with E-state index < -0.39 is 0 Å². The molecule has 0 aliphatic rings. The SMILES string of the molecule is Cc1ccc(CO)c(I)c1Br. The topological polar surface area (TPSA) is 20.2 Å². The van der Waals surface area contributed by atoms with Crippen LogP contribution in [-0.2, 0) is 6.61 Å². The zero-order chi connectivity index (χ0) is 8.43. The maximum absolute atomic E-state index is 8.91. The molecule has 0 amide bonds. The Kier molecular flexibility index (Phi) is 3.33. The van der Waals surface area contributed by atoms with Crippen molar-refractivity contribution in [2.75, 3.05) is 0 Å². The van der Waals surface area contributed by atoms with Gasteiger partial charge in [0.15, 0.2) is 0 Å². The fraction of sp³-hybridized carbons (Fsp3) is 0.250. The molecule has 0 saturated heterocycles. The third kappa shape index (κ3) is 1.95. The van der Waals surface area contributed by atoms with Gasteiger partial charge in [-0.15, -0.1) is 0 Å². The van der Waals surface area contributed by atoms with Crippen LogP contribution in [0.25, 0.3) is 0 Å². The van der Waals surface area contributed by atoms with Gasteiger partial charge in [0, 0.05) is 8.04 Å². The Hall–Kier alpha value is 0.390. The average Bonchev–Trinajstić information content (AvgIpc) is 2.01. The summed E-state index contributed by atoms with van der Waals surface area (Å²) in [5, 5.41) is 8.91. The van der Waals surface area contributed by atoms with E-state index >= 15 is 0 Å². The van der Waals surface area contributed by atoms with Crippen LogP contribution in [0.5, 0.6) is 0 Å². The number of aliphatic hydroxyl groups is 1. The van der Waals surface area contributed by atoms with Crippen LogP contribution in [0.3, 0.4) is 0 Å². The standard InChI is InChI=1S/C8H8BrIO/c1-5-2-3-6(4-11)8(10)7(5)9/h2-3,11H,4H2,1H3. The van der Waals surface area contributed by atoms with Crippen LogP contribution in [0.1, 0.15) is 11.1 Å². The van der Waals surface area contributed by atoms with Gasteiger partial charge in [-0.05, 0) is 56.6 Å². The third-order valence-corrected chi connectivity index (χ3v) is 4.52. The summed E-state index contributed by atoms with van der Waals surface area (Å²) in [6.07, 6.45) is 0. The van der Waals surface area contributed by atoms with Crippen LogP contribution >= 0.6 is 38.5 Å². The van der Waals surface area contributed by atoms with Gasteiger partial charge in [-0.1, -0.05) is 12.1 Å². The number of aliphatic hydroxyl groups excluding tert-OH is 1. The molecule has 1 N–H and O–H groups in total. The summed E-state index contributed by atoms with van der Waals surface area (Å²) in [4.78, 5) is 0. The fourth-order valence-corrected chi connectivity index (χ4v) is 1.97. The van der Waals surface area contributed by atoms with Gasteiger partial charge in [0.05, 0.1) is 6.61 Å². The quantitative estimate of drug-likeness (QED) is 0.787. The van der Waals surface area contributed by atoms with Crippen LogP contribution in [0.15, 0.2) is 16.6 Å². The lowest BCUT2D eigenvalue weighted by atomic mass is 10.2. The van der Waals surface area contributed by atoms with Crippen LogP contribution in [0.2, 0.25) is 0 Å². The maximum atomic E-state index is 8.91. The first-order valence-electron chi connectivity index (χ1n) is 3.21. The first-order valence-corrected chi connectivity index (χ1v) is 5.08. The van der Waals surface area contributed by atoms with Gasteiger partial charge in [-0.25, -0.2) is 0 Å². The van der Waals surface area contributed by atoms with E-state index in [4.69, 9.17) is 5.11 Å². The highest BCUT2D eigenvalue weighted by Crippen LogP contribution is 2.26. The van der Waals surface area contributed by atoms with Gasteiger partial charge in [0.1, 0.15) is 0 Å². The van der Waals surface area contributed by atoms with E-state index in [1.54, 1.807) is 0 Å². The number of hydrogen-bond acceptors (Lipinski definition) is 1. The second kappa shape index (κ2) is 3.87. The van der Waals surface area contributed by atoms with Crippen molar-refractivity contribution >= 4 is 38.5 Å². The van der Waals surface area contributed by atoms with E-state index in [9.17, 15) is 0 Å². The molecule has 1 aromatic rings. The summed E-state index contributed by atoms with van der Waals surface area (Å²) in [5.41, 5.74) is 2.18. The van der Waals surface area contributed by atoms with Crippen molar-refractivity contribution in [1.82, 2.24) is 0 Å². The van der Waals surface area contributed by atoms with Crippen molar-refractivity contribution in [2.45, 2.75) is 13.5 Å². The van der Waals surface area contributed by atoms with Gasteiger partial charge in [-0.3, -0.25) is 0 Å². The molecule has 0 heterocycles. The van der Waals surface area contributed by atoms with Crippen molar-refractivity contribution < 1.29 is 5.11 Å². The predicted octanol–water partition coefficient (Wildman–Crippen LogP) is 2.85. The van der Waals surface area contributed by atoms with Crippen LogP contribution < -0.4 is 0 Å². The minimum absolute atomic E-state index is 0.108. The van der Waals surface area contributed by atoms with E-state index in [1.165, 1.54) is 5.56 Å². The first kappa shape index (κ1) is 9.48. The van der Waals surface area contributed by atoms with Crippen molar-refractivity contribution in [3.05, 3.63) is 31.3 Å². The van der Waals surface area contributed by atoms with Crippen molar-refractivity contribution in [2.24, 2.45) is 0 Å². The predicted molar refractivity (Wildman–Crippen MR) is 57.5 cm³/mol. The van der Waals surface area contributed by atoms with E-state index in [0.29, 0.717) is 0 Å². The molecular weight excluding hydrogens is 319 g/mol. The van der Waals surface area contributed by atoms with Gasteiger partial charge in [0.2, 0.25) is 0 Å². The highest BCUT2D eigenvalue weighted by atomic mass is 127. The van der Waals surface area contributed by atoms with Crippen molar-refractivity contribution in [3.8, 4) is 0 Å². The molecule has 3 heteroatoms. The molecule has 0 bridgehead atoms. The maximum Gasteiger partial charge on any atom is 0.0692 e. The summed E-state index contributed by atoms with van der Waals surface area (Å²) in [7, 11) is 0. The normalized spacial score (nSPS) is 10.2. The van der Waals surface area contributed by atoms with Crippen LogP contribution in [-0.4, -0.2) is 5.11 Å². The molecule has 1 rings (SSSR count). The summed E-state index contributed by atoms with van der Waals surface area (Å²) in [5.74, 6) is 0. The lowest BCUT2D eigenvalue weighted by Crippen LogP contribution is -1.90. The summed E-state index contributed by atoms with van der Waals surface area (Å²) >= 11 is 5.68. The number of hydrogen-bond donors (Lipinski definition) is 1. The molecule has 1 nitrogen and oxygen atoms in total. The minimum Gasteiger partial charge on any atom is -0.392 e. The van der Waals surface area contributed by atoms with Crippen LogP contribution in [0.4, 0.5) is 0 Å². The molecule has 0 aliphatic heterocycles. The van der Waals surface area contributed by atoms with Gasteiger partial charge < -0.3 is 5.11 Å². The first-order chi connectivity index (χ1) is 5.16. The Morgan fingerprint density at radius 3 is 2.73 bits per heavy atom. The molecule has 0 aromatic heterocycles. The molecule has 0 saturated carbocycles. The Balaban J connectivity index is 3.25. The second-order valence-electron chi connectivity index (χ2n) is 2.33. The molecule has 1 aromatic carbocycles. The molecular formula is C8H8BrIO. The molecule has 0 spiro atoms. The number of rotatable bonds is 1. The summed E-state index contributed by atoms with van der Waals surface area (Å²) < 4.78 is 2.19. The average molecular weight is 327 g/mol. The van der Waals surface area contributed by atoms with E-state index in [0.717, 1.165) is 13.6 Å². The van der Waals surface area contributed by atoms with Gasteiger partial charge in [-0.2, -0.15) is 0 Å².